The molecule has 6 heteroatoms. The van der Waals surface area contributed by atoms with E-state index in [4.69, 9.17) is 4.74 Å². The highest BCUT2D eigenvalue weighted by Gasteiger charge is 2.16. The second-order valence-electron chi connectivity index (χ2n) is 7.58. The number of nitrogens with one attached hydrogen (secondary N) is 2. The zero-order valence-electron chi connectivity index (χ0n) is 16.9. The molecule has 0 bridgehead atoms. The standard InChI is InChI=1S/C23H30N4O2/c28-23(25-21-5-1-2-6-22(21)27-15-17-29-18-16-27)11-12-24-19-7-9-20(10-8-19)26-13-3-4-14-26/h1-2,5-10,24H,3-4,11-18H2,(H,25,28). The van der Waals surface area contributed by atoms with Crippen LogP contribution in [0, 0.1) is 0 Å². The van der Waals surface area contributed by atoms with Crippen LogP contribution in [0.3, 0.4) is 0 Å². The Hall–Kier alpha value is -2.73. The molecule has 2 heterocycles. The molecular formula is C23H30N4O2. The summed E-state index contributed by atoms with van der Waals surface area (Å²) < 4.78 is 5.43. The van der Waals surface area contributed by atoms with Crippen LogP contribution in [0.5, 0.6) is 0 Å². The van der Waals surface area contributed by atoms with Gasteiger partial charge in [-0.2, -0.15) is 0 Å². The summed E-state index contributed by atoms with van der Waals surface area (Å²) >= 11 is 0. The Bertz CT molecular complexity index is 797. The number of amides is 1. The SMILES string of the molecule is O=C(CCNc1ccc(N2CCCC2)cc1)Nc1ccccc1N1CCOCC1. The van der Waals surface area contributed by atoms with Gasteiger partial charge in [0.05, 0.1) is 24.6 Å². The van der Waals surface area contributed by atoms with Crippen molar-refractivity contribution in [3.8, 4) is 0 Å². The van der Waals surface area contributed by atoms with Crippen molar-refractivity contribution in [3.05, 3.63) is 48.5 Å². The van der Waals surface area contributed by atoms with E-state index < -0.39 is 0 Å². The van der Waals surface area contributed by atoms with Crippen LogP contribution in [-0.2, 0) is 9.53 Å². The summed E-state index contributed by atoms with van der Waals surface area (Å²) in [5.41, 5.74) is 4.27. The molecule has 0 spiro atoms. The van der Waals surface area contributed by atoms with E-state index >= 15 is 0 Å². The normalized spacial score (nSPS) is 16.7. The Morgan fingerprint density at radius 2 is 1.62 bits per heavy atom. The molecule has 2 fully saturated rings. The van der Waals surface area contributed by atoms with Gasteiger partial charge in [0.15, 0.2) is 0 Å². The lowest BCUT2D eigenvalue weighted by Gasteiger charge is -2.30. The first kappa shape index (κ1) is 19.6. The lowest BCUT2D eigenvalue weighted by Crippen LogP contribution is -2.36. The Morgan fingerprint density at radius 1 is 0.897 bits per heavy atom. The van der Waals surface area contributed by atoms with Gasteiger partial charge in [-0.3, -0.25) is 4.79 Å². The lowest BCUT2D eigenvalue weighted by atomic mass is 10.2. The van der Waals surface area contributed by atoms with Crippen molar-refractivity contribution >= 4 is 28.7 Å². The van der Waals surface area contributed by atoms with E-state index in [0.717, 1.165) is 56.5 Å². The molecule has 0 saturated carbocycles. The molecule has 154 valence electrons. The molecule has 2 saturated heterocycles. The van der Waals surface area contributed by atoms with Gasteiger partial charge < -0.3 is 25.2 Å². The number of rotatable bonds is 7. The summed E-state index contributed by atoms with van der Waals surface area (Å²) in [5, 5.41) is 6.42. The second-order valence-corrected chi connectivity index (χ2v) is 7.58. The number of hydrogen-bond donors (Lipinski definition) is 2. The number of anilines is 4. The van der Waals surface area contributed by atoms with Crippen LogP contribution in [0.4, 0.5) is 22.7 Å². The van der Waals surface area contributed by atoms with E-state index in [-0.39, 0.29) is 5.91 Å². The smallest absolute Gasteiger partial charge is 0.226 e. The molecule has 29 heavy (non-hydrogen) atoms. The molecule has 0 unspecified atom stereocenters. The van der Waals surface area contributed by atoms with Gasteiger partial charge in [-0.15, -0.1) is 0 Å². The summed E-state index contributed by atoms with van der Waals surface area (Å²) in [7, 11) is 0. The highest BCUT2D eigenvalue weighted by atomic mass is 16.5. The van der Waals surface area contributed by atoms with Crippen LogP contribution in [0.25, 0.3) is 0 Å². The van der Waals surface area contributed by atoms with Gasteiger partial charge in [0.25, 0.3) is 0 Å². The largest absolute Gasteiger partial charge is 0.385 e. The maximum Gasteiger partial charge on any atom is 0.226 e. The average molecular weight is 395 g/mol. The molecule has 0 radical (unpaired) electrons. The lowest BCUT2D eigenvalue weighted by molar-refractivity contribution is -0.115. The van der Waals surface area contributed by atoms with Gasteiger partial charge in [0.2, 0.25) is 5.91 Å². The number of morpholine rings is 1. The molecule has 0 aromatic heterocycles. The number of para-hydroxylation sites is 2. The molecule has 0 aliphatic carbocycles. The molecule has 2 aliphatic heterocycles. The Kier molecular flexibility index (Phi) is 6.52. The summed E-state index contributed by atoms with van der Waals surface area (Å²) in [4.78, 5) is 17.1. The van der Waals surface area contributed by atoms with Crippen molar-refractivity contribution in [2.75, 3.05) is 66.4 Å². The van der Waals surface area contributed by atoms with Crippen molar-refractivity contribution in [3.63, 3.8) is 0 Å². The minimum atomic E-state index is 0.0203. The second kappa shape index (κ2) is 9.65. The number of carbonyl (C=O) groups excluding carboxylic acids is 1. The minimum absolute atomic E-state index is 0.0203. The van der Waals surface area contributed by atoms with Crippen LogP contribution in [0.2, 0.25) is 0 Å². The number of carbonyl (C=O) groups is 1. The van der Waals surface area contributed by atoms with Crippen molar-refractivity contribution in [1.82, 2.24) is 0 Å². The summed E-state index contributed by atoms with van der Waals surface area (Å²) in [5.74, 6) is 0.0203. The number of nitrogens with zero attached hydrogens (tertiary/aromatic N) is 2. The third-order valence-corrected chi connectivity index (χ3v) is 5.55. The van der Waals surface area contributed by atoms with E-state index in [1.54, 1.807) is 0 Å². The number of hydrogen-bond acceptors (Lipinski definition) is 5. The third-order valence-electron chi connectivity index (χ3n) is 5.55. The molecule has 2 aliphatic rings. The Labute approximate surface area is 172 Å². The molecule has 0 atom stereocenters. The van der Waals surface area contributed by atoms with Gasteiger partial charge in [0, 0.05) is 50.5 Å². The first-order valence-corrected chi connectivity index (χ1v) is 10.6. The fourth-order valence-electron chi connectivity index (χ4n) is 3.96. The van der Waals surface area contributed by atoms with Gasteiger partial charge in [0.1, 0.15) is 0 Å². The van der Waals surface area contributed by atoms with Crippen LogP contribution in [0.1, 0.15) is 19.3 Å². The predicted octanol–water partition coefficient (Wildman–Crippen LogP) is 3.56. The molecule has 6 nitrogen and oxygen atoms in total. The minimum Gasteiger partial charge on any atom is -0.385 e. The van der Waals surface area contributed by atoms with E-state index in [2.05, 4.69) is 50.8 Å². The van der Waals surface area contributed by atoms with Crippen molar-refractivity contribution < 1.29 is 9.53 Å². The fourth-order valence-corrected chi connectivity index (χ4v) is 3.96. The molecule has 2 aromatic carbocycles. The highest BCUT2D eigenvalue weighted by Crippen LogP contribution is 2.26. The summed E-state index contributed by atoms with van der Waals surface area (Å²) in [6.45, 7) is 6.06. The van der Waals surface area contributed by atoms with Gasteiger partial charge in [-0.1, -0.05) is 12.1 Å². The van der Waals surface area contributed by atoms with Gasteiger partial charge >= 0.3 is 0 Å². The Balaban J connectivity index is 1.26. The zero-order chi connectivity index (χ0) is 19.9. The molecular weight excluding hydrogens is 364 g/mol. The third kappa shape index (κ3) is 5.21. The number of benzene rings is 2. The maximum atomic E-state index is 12.5. The number of ether oxygens (including phenoxy) is 1. The fraction of sp³-hybridized carbons (Fsp3) is 0.435. The van der Waals surface area contributed by atoms with Crippen LogP contribution < -0.4 is 20.4 Å². The quantitative estimate of drug-likeness (QED) is 0.752. The van der Waals surface area contributed by atoms with Crippen molar-refractivity contribution in [2.45, 2.75) is 19.3 Å². The highest BCUT2D eigenvalue weighted by molar-refractivity contribution is 5.94. The van der Waals surface area contributed by atoms with E-state index in [1.165, 1.54) is 18.5 Å². The predicted molar refractivity (Wildman–Crippen MR) is 119 cm³/mol. The van der Waals surface area contributed by atoms with E-state index in [9.17, 15) is 4.79 Å². The van der Waals surface area contributed by atoms with E-state index in [1.807, 2.05) is 18.2 Å². The topological polar surface area (TPSA) is 56.8 Å². The molecule has 2 aromatic rings. The molecule has 1 amide bonds. The molecule has 4 rings (SSSR count). The first-order valence-electron chi connectivity index (χ1n) is 10.6. The average Bonchev–Trinajstić information content (AvgIpc) is 3.30. The zero-order valence-corrected chi connectivity index (χ0v) is 16.9. The van der Waals surface area contributed by atoms with Crippen LogP contribution >= 0.6 is 0 Å². The van der Waals surface area contributed by atoms with Crippen molar-refractivity contribution in [1.29, 1.82) is 0 Å². The van der Waals surface area contributed by atoms with E-state index in [0.29, 0.717) is 13.0 Å². The summed E-state index contributed by atoms with van der Waals surface area (Å²) in [6.07, 6.45) is 2.99. The van der Waals surface area contributed by atoms with Gasteiger partial charge in [-0.25, -0.2) is 0 Å². The summed E-state index contributed by atoms with van der Waals surface area (Å²) in [6, 6.07) is 16.5. The Morgan fingerprint density at radius 3 is 2.38 bits per heavy atom. The van der Waals surface area contributed by atoms with Crippen LogP contribution in [-0.4, -0.2) is 51.8 Å². The monoisotopic (exact) mass is 394 g/mol. The first-order chi connectivity index (χ1) is 14.3. The molecule has 2 N–H and O–H groups in total. The maximum absolute atomic E-state index is 12.5. The van der Waals surface area contributed by atoms with Crippen molar-refractivity contribution in [2.24, 2.45) is 0 Å². The van der Waals surface area contributed by atoms with Gasteiger partial charge in [-0.05, 0) is 49.2 Å². The van der Waals surface area contributed by atoms with Crippen LogP contribution in [0.15, 0.2) is 48.5 Å².